The highest BCUT2D eigenvalue weighted by atomic mass is 32.1. The Morgan fingerprint density at radius 3 is 1.83 bits per heavy atom. The van der Waals surface area contributed by atoms with E-state index in [0.717, 1.165) is 0 Å². The fraction of sp³-hybridized carbons (Fsp3) is 0. The first kappa shape index (κ1) is 9.00. The average molecular weight is 105 g/mol. The molecule has 0 fully saturated rings. The zero-order valence-electron chi connectivity index (χ0n) is 2.83. The van der Waals surface area contributed by atoms with Crippen molar-refractivity contribution in [1.82, 2.24) is 0 Å². The molecule has 34 valence electrons. The number of nitriles is 1. The lowest BCUT2D eigenvalue weighted by Crippen LogP contribution is -1.67. The van der Waals surface area contributed by atoms with Crippen LogP contribution in [-0.2, 0) is 0 Å². The summed E-state index contributed by atoms with van der Waals surface area (Å²) in [6, 6.07) is 0. The van der Waals surface area contributed by atoms with Gasteiger partial charge in [-0.3, -0.25) is 0 Å². The van der Waals surface area contributed by atoms with E-state index in [1.165, 1.54) is 0 Å². The Morgan fingerprint density at radius 2 is 1.83 bits per heavy atom. The molecule has 4 heteroatoms. The lowest BCUT2D eigenvalue weighted by molar-refractivity contribution is 0.222. The van der Waals surface area contributed by atoms with Crippen LogP contribution in [0.1, 0.15) is 0 Å². The third-order valence-corrected chi connectivity index (χ3v) is 0. The van der Waals surface area contributed by atoms with Crippen LogP contribution >= 0.6 is 12.6 Å². The van der Waals surface area contributed by atoms with E-state index >= 15 is 0 Å². The highest BCUT2D eigenvalue weighted by Gasteiger charge is 1.67. The molecule has 0 aromatic rings. The van der Waals surface area contributed by atoms with Gasteiger partial charge in [0.15, 0.2) is 0 Å². The molecule has 1 N–H and O–H groups in total. The second kappa shape index (κ2) is 8.85. The van der Waals surface area contributed by atoms with E-state index < -0.39 is 5.30 Å². The molecule has 3 nitrogen and oxygen atoms in total. The Balaban J connectivity index is 0. The predicted octanol–water partition coefficient (Wildman–Crippen LogP) is 0.734. The maximum Gasteiger partial charge on any atom is 0.361 e. The van der Waals surface area contributed by atoms with Gasteiger partial charge in [-0.25, -0.2) is 10.1 Å². The Bertz CT molecular complexity index is 55.8. The van der Waals surface area contributed by atoms with Gasteiger partial charge in [0.05, 0.1) is 0 Å². The zero-order chi connectivity index (χ0) is 5.58. The minimum Gasteiger partial charge on any atom is -0.473 e. The molecule has 0 saturated carbocycles. The van der Waals surface area contributed by atoms with E-state index in [9.17, 15) is 0 Å². The number of hydrogen-bond donors (Lipinski definition) is 2. The number of carbonyl (C=O) groups is 1. The largest absolute Gasteiger partial charge is 0.473 e. The topological polar surface area (TPSA) is 61.1 Å². The van der Waals surface area contributed by atoms with Gasteiger partial charge in [0.25, 0.3) is 0 Å². The molecule has 0 aromatic carbocycles. The molecule has 0 bridgehead atoms. The first-order chi connectivity index (χ1) is 2.73. The highest BCUT2D eigenvalue weighted by Crippen LogP contribution is 1.66. The van der Waals surface area contributed by atoms with Crippen molar-refractivity contribution in [2.45, 2.75) is 0 Å². The van der Waals surface area contributed by atoms with E-state index in [0.29, 0.717) is 0 Å². The van der Waals surface area contributed by atoms with Crippen LogP contribution in [0.5, 0.6) is 0 Å². The molecule has 0 atom stereocenters. The Labute approximate surface area is 40.6 Å². The van der Waals surface area contributed by atoms with Crippen LogP contribution in [0.2, 0.25) is 0 Å². The molecule has 0 saturated heterocycles. The SMILES string of the molecule is C#N.O=C(O)S. The number of thiol groups is 1. The van der Waals surface area contributed by atoms with Crippen molar-refractivity contribution in [1.29, 1.82) is 5.26 Å². The predicted molar refractivity (Wildman–Crippen MR) is 23.7 cm³/mol. The first-order valence-corrected chi connectivity index (χ1v) is 1.36. The first-order valence-electron chi connectivity index (χ1n) is 0.910. The van der Waals surface area contributed by atoms with Crippen molar-refractivity contribution >= 4 is 17.9 Å². The molecule has 0 aliphatic carbocycles. The quantitative estimate of drug-likeness (QED) is 0.446. The molecule has 0 heterocycles. The standard InChI is InChI=1S/CHN.CH2O2S/c1-2;2-1(3)4/h1H;4H,(H,2,3). The fourth-order valence-corrected chi connectivity index (χ4v) is 0. The maximum absolute atomic E-state index is 8.86. The van der Waals surface area contributed by atoms with Crippen LogP contribution in [-0.4, -0.2) is 10.4 Å². The molecule has 0 spiro atoms. The van der Waals surface area contributed by atoms with Crippen LogP contribution in [0.3, 0.4) is 0 Å². The van der Waals surface area contributed by atoms with Crippen molar-refractivity contribution in [3.8, 4) is 6.57 Å². The van der Waals surface area contributed by atoms with Gasteiger partial charge in [-0.05, 0) is 0 Å². The Hall–Kier alpha value is -0.690. The molecule has 0 radical (unpaired) electrons. The van der Waals surface area contributed by atoms with Crippen LogP contribution in [0.25, 0.3) is 0 Å². The number of carboxylic acid groups (broad SMARTS) is 1. The Morgan fingerprint density at radius 1 is 1.83 bits per heavy atom. The van der Waals surface area contributed by atoms with Crippen LogP contribution in [0, 0.1) is 11.8 Å². The van der Waals surface area contributed by atoms with Crippen molar-refractivity contribution in [2.75, 3.05) is 0 Å². The smallest absolute Gasteiger partial charge is 0.361 e. The summed E-state index contributed by atoms with van der Waals surface area (Å²) in [7, 11) is 0. The van der Waals surface area contributed by atoms with Gasteiger partial charge in [0, 0.05) is 6.57 Å². The van der Waals surface area contributed by atoms with Gasteiger partial charge in [0.2, 0.25) is 0 Å². The molecule has 0 rings (SSSR count). The molecular formula is C2H3NO2S. The summed E-state index contributed by atoms with van der Waals surface area (Å²) in [5, 5.41) is 12.6. The molecule has 0 aliphatic heterocycles. The van der Waals surface area contributed by atoms with Gasteiger partial charge >= 0.3 is 5.30 Å². The monoisotopic (exact) mass is 105 g/mol. The third-order valence-electron chi connectivity index (χ3n) is 0. The van der Waals surface area contributed by atoms with Gasteiger partial charge in [0.1, 0.15) is 0 Å². The summed E-state index contributed by atoms with van der Waals surface area (Å²) < 4.78 is 0. The van der Waals surface area contributed by atoms with Gasteiger partial charge in [-0.2, -0.15) is 0 Å². The van der Waals surface area contributed by atoms with Gasteiger partial charge < -0.3 is 5.11 Å². The summed E-state index contributed by atoms with van der Waals surface area (Å²) in [5.41, 5.74) is 0. The minimum absolute atomic E-state index is 1.14. The van der Waals surface area contributed by atoms with Crippen molar-refractivity contribution in [2.24, 2.45) is 0 Å². The number of hydrogen-bond acceptors (Lipinski definition) is 2. The number of nitrogens with zero attached hydrogens (tertiary/aromatic N) is 1. The molecular weight excluding hydrogens is 102 g/mol. The average Bonchev–Trinajstić information content (AvgIpc) is 1.41. The zero-order valence-corrected chi connectivity index (χ0v) is 3.72. The maximum atomic E-state index is 8.86. The van der Waals surface area contributed by atoms with Crippen LogP contribution in [0.15, 0.2) is 0 Å². The summed E-state index contributed by atoms with van der Waals surface area (Å²) in [6.07, 6.45) is 0. The highest BCUT2D eigenvalue weighted by molar-refractivity contribution is 7.96. The number of rotatable bonds is 0. The van der Waals surface area contributed by atoms with Crippen molar-refractivity contribution < 1.29 is 9.90 Å². The second-order valence-electron chi connectivity index (χ2n) is 0.283. The Kier molecular flexibility index (Phi) is 13.3. The molecule has 0 unspecified atom stereocenters. The van der Waals surface area contributed by atoms with E-state index in [4.69, 9.17) is 15.2 Å². The summed E-state index contributed by atoms with van der Waals surface area (Å²) in [6.45, 7) is 3.50. The van der Waals surface area contributed by atoms with Gasteiger partial charge in [-0.1, -0.05) is 12.6 Å². The van der Waals surface area contributed by atoms with Crippen LogP contribution in [0.4, 0.5) is 4.79 Å². The normalized spacial score (nSPS) is 4.50. The summed E-state index contributed by atoms with van der Waals surface area (Å²) in [5.74, 6) is 0. The second-order valence-corrected chi connectivity index (χ2v) is 0.665. The van der Waals surface area contributed by atoms with E-state index in [1.54, 1.807) is 0 Å². The van der Waals surface area contributed by atoms with E-state index in [2.05, 4.69) is 19.2 Å². The summed E-state index contributed by atoms with van der Waals surface area (Å²) in [4.78, 5) is 8.86. The van der Waals surface area contributed by atoms with Crippen molar-refractivity contribution in [3.05, 3.63) is 0 Å². The van der Waals surface area contributed by atoms with Crippen molar-refractivity contribution in [3.63, 3.8) is 0 Å². The molecule has 0 aromatic heterocycles. The lowest BCUT2D eigenvalue weighted by atomic mass is 11.6. The molecule has 6 heavy (non-hydrogen) atoms. The minimum atomic E-state index is -1.14. The van der Waals surface area contributed by atoms with Crippen LogP contribution < -0.4 is 0 Å². The summed E-state index contributed by atoms with van der Waals surface area (Å²) >= 11 is 2.88. The van der Waals surface area contributed by atoms with Gasteiger partial charge in [-0.15, -0.1) is 0 Å². The van der Waals surface area contributed by atoms with E-state index in [-0.39, 0.29) is 0 Å². The molecule has 0 amide bonds. The third kappa shape index (κ3) is 37.1. The molecule has 0 aliphatic rings. The van der Waals surface area contributed by atoms with E-state index in [1.807, 2.05) is 0 Å². The fourth-order valence-electron chi connectivity index (χ4n) is 0. The lowest BCUT2D eigenvalue weighted by Gasteiger charge is -1.58.